The lowest BCUT2D eigenvalue weighted by Gasteiger charge is -2.21. The first-order valence-electron chi connectivity index (χ1n) is 12.3. The average Bonchev–Trinajstić information content (AvgIpc) is 2.83. The summed E-state index contributed by atoms with van der Waals surface area (Å²) in [5, 5.41) is 5.03. The van der Waals surface area contributed by atoms with Gasteiger partial charge < -0.3 is 45.9 Å². The zero-order chi connectivity index (χ0) is 26.4. The van der Waals surface area contributed by atoms with Crippen molar-refractivity contribution in [1.29, 1.82) is 0 Å². The van der Waals surface area contributed by atoms with Gasteiger partial charge in [-0.1, -0.05) is 12.2 Å². The number of ether oxygens (including phenoxy) is 4. The van der Waals surface area contributed by atoms with Crippen LogP contribution < -0.4 is 22.1 Å². The Kier molecular flexibility index (Phi) is 17.8. The fourth-order valence-electron chi connectivity index (χ4n) is 3.22. The van der Waals surface area contributed by atoms with E-state index in [2.05, 4.69) is 22.8 Å². The van der Waals surface area contributed by atoms with Crippen molar-refractivity contribution in [3.8, 4) is 0 Å². The molecule has 1 unspecified atom stereocenters. The molecule has 36 heavy (non-hydrogen) atoms. The lowest BCUT2D eigenvalue weighted by molar-refractivity contribution is -0.136. The van der Waals surface area contributed by atoms with E-state index in [0.29, 0.717) is 33.0 Å². The van der Waals surface area contributed by atoms with Gasteiger partial charge in [0.05, 0.1) is 59.3 Å². The van der Waals surface area contributed by atoms with Crippen molar-refractivity contribution in [2.45, 2.75) is 38.2 Å². The van der Waals surface area contributed by atoms with E-state index >= 15 is 0 Å². The van der Waals surface area contributed by atoms with E-state index in [-0.39, 0.29) is 45.5 Å². The number of carbonyl (C=O) groups excluding carboxylic acids is 4. The van der Waals surface area contributed by atoms with Gasteiger partial charge in [0.25, 0.3) is 0 Å². The van der Waals surface area contributed by atoms with Crippen LogP contribution in [0.3, 0.4) is 0 Å². The zero-order valence-electron chi connectivity index (χ0n) is 20.9. The Balaban J connectivity index is 1.99. The van der Waals surface area contributed by atoms with E-state index in [4.69, 9.17) is 30.4 Å². The van der Waals surface area contributed by atoms with Gasteiger partial charge in [-0.2, -0.15) is 0 Å². The van der Waals surface area contributed by atoms with Crippen LogP contribution in [0.1, 0.15) is 32.1 Å². The molecule has 13 nitrogen and oxygen atoms in total. The highest BCUT2D eigenvalue weighted by Gasteiger charge is 2.16. The Hall–Kier alpha value is -2.74. The number of alkyl carbamates (subject to hydrolysis) is 1. The van der Waals surface area contributed by atoms with Crippen LogP contribution in [0.5, 0.6) is 0 Å². The third-order valence-corrected chi connectivity index (χ3v) is 5.08. The maximum absolute atomic E-state index is 12.1. The third kappa shape index (κ3) is 16.8. The van der Waals surface area contributed by atoms with Crippen molar-refractivity contribution in [2.75, 3.05) is 72.4 Å². The van der Waals surface area contributed by atoms with E-state index in [9.17, 15) is 19.2 Å². The van der Waals surface area contributed by atoms with Gasteiger partial charge in [-0.15, -0.1) is 0 Å². The molecule has 6 N–H and O–H groups in total. The molecule has 0 spiro atoms. The molecule has 0 aromatic rings. The number of amides is 4. The van der Waals surface area contributed by atoms with Crippen LogP contribution in [0.15, 0.2) is 12.2 Å². The second-order valence-electron chi connectivity index (χ2n) is 8.03. The summed E-state index contributed by atoms with van der Waals surface area (Å²) in [7, 11) is 0. The van der Waals surface area contributed by atoms with Gasteiger partial charge in [-0.05, 0) is 32.1 Å². The summed E-state index contributed by atoms with van der Waals surface area (Å²) in [6.07, 6.45) is 8.55. The molecule has 0 saturated carbocycles. The van der Waals surface area contributed by atoms with Crippen molar-refractivity contribution in [2.24, 2.45) is 11.5 Å². The van der Waals surface area contributed by atoms with Crippen molar-refractivity contribution in [3.63, 3.8) is 0 Å². The first-order chi connectivity index (χ1) is 17.4. The Morgan fingerprint density at radius 1 is 0.889 bits per heavy atom. The third-order valence-electron chi connectivity index (χ3n) is 5.08. The van der Waals surface area contributed by atoms with Crippen LogP contribution in [0.25, 0.3) is 0 Å². The van der Waals surface area contributed by atoms with Gasteiger partial charge in [0, 0.05) is 13.1 Å². The first-order valence-corrected chi connectivity index (χ1v) is 12.3. The topological polar surface area (TPSA) is 185 Å². The molecule has 1 aliphatic carbocycles. The lowest BCUT2D eigenvalue weighted by atomic mass is 10.0. The van der Waals surface area contributed by atoms with Crippen molar-refractivity contribution in [3.05, 3.63) is 12.2 Å². The lowest BCUT2D eigenvalue weighted by Crippen LogP contribution is -2.46. The molecule has 4 amide bonds. The van der Waals surface area contributed by atoms with Gasteiger partial charge in [-0.25, -0.2) is 4.79 Å². The number of allylic oxidation sites excluding steroid dienone is 2. The quantitative estimate of drug-likeness (QED) is 0.132. The van der Waals surface area contributed by atoms with Crippen LogP contribution in [-0.4, -0.2) is 107 Å². The molecule has 1 rings (SSSR count). The first kappa shape index (κ1) is 31.3. The summed E-state index contributed by atoms with van der Waals surface area (Å²) >= 11 is 0. The summed E-state index contributed by atoms with van der Waals surface area (Å²) in [6.45, 7) is 1.54. The number of nitrogens with one attached hydrogen (secondary N) is 2. The number of nitrogens with two attached hydrogens (primary N) is 2. The summed E-state index contributed by atoms with van der Waals surface area (Å²) in [5.41, 5.74) is 10.3. The van der Waals surface area contributed by atoms with Gasteiger partial charge in [0.2, 0.25) is 17.7 Å². The molecule has 13 heteroatoms. The Morgan fingerprint density at radius 2 is 1.56 bits per heavy atom. The van der Waals surface area contributed by atoms with Crippen LogP contribution in [-0.2, 0) is 33.3 Å². The molecule has 0 radical (unpaired) electrons. The van der Waals surface area contributed by atoms with Crippen LogP contribution in [0.4, 0.5) is 4.79 Å². The molecule has 0 aliphatic heterocycles. The standard InChI is InChI=1S/C23H41N5O8/c24-16-21(30)27-17-22(31)28(18-20(25)29)9-11-34-13-15-35-14-12-33-10-8-26-23(32)36-19-6-4-2-1-3-5-7-19/h1-2,19H,3-18,24H2,(H2,25,29)(H,26,32)(H,27,30)/b2-1-. The molecule has 0 aromatic carbocycles. The molecule has 0 aromatic heterocycles. The van der Waals surface area contributed by atoms with Crippen molar-refractivity contribution >= 4 is 23.8 Å². The molecule has 1 atom stereocenters. The number of rotatable bonds is 18. The monoisotopic (exact) mass is 515 g/mol. The van der Waals surface area contributed by atoms with Crippen LogP contribution >= 0.6 is 0 Å². The minimum atomic E-state index is -0.670. The number of hydrogen-bond donors (Lipinski definition) is 4. The minimum Gasteiger partial charge on any atom is -0.446 e. The Labute approximate surface area is 212 Å². The number of nitrogens with zero attached hydrogens (tertiary/aromatic N) is 1. The minimum absolute atomic E-state index is 0.0396. The van der Waals surface area contributed by atoms with Crippen molar-refractivity contribution in [1.82, 2.24) is 15.5 Å². The highest BCUT2D eigenvalue weighted by atomic mass is 16.6. The highest BCUT2D eigenvalue weighted by molar-refractivity contribution is 5.88. The SMILES string of the molecule is NCC(=O)NCC(=O)N(CCOCCOCCOCCNC(=O)OC1CC/C=C\CCC1)CC(N)=O. The molecular formula is C23H41N5O8. The van der Waals surface area contributed by atoms with Gasteiger partial charge in [-0.3, -0.25) is 14.4 Å². The zero-order valence-corrected chi connectivity index (χ0v) is 20.9. The molecular weight excluding hydrogens is 474 g/mol. The van der Waals surface area contributed by atoms with Crippen LogP contribution in [0.2, 0.25) is 0 Å². The number of carbonyl (C=O) groups is 4. The molecule has 0 saturated heterocycles. The van der Waals surface area contributed by atoms with E-state index in [1.807, 2.05) is 0 Å². The molecule has 206 valence electrons. The van der Waals surface area contributed by atoms with E-state index in [0.717, 1.165) is 32.1 Å². The molecule has 1 aliphatic rings. The Bertz CT molecular complexity index is 691. The average molecular weight is 516 g/mol. The fourth-order valence-corrected chi connectivity index (χ4v) is 3.22. The largest absolute Gasteiger partial charge is 0.446 e. The predicted octanol–water partition coefficient (Wildman–Crippen LogP) is -0.960. The summed E-state index contributed by atoms with van der Waals surface area (Å²) in [5.74, 6) is -1.61. The maximum atomic E-state index is 12.1. The number of hydrogen-bond acceptors (Lipinski definition) is 9. The van der Waals surface area contributed by atoms with Gasteiger partial charge in [0.1, 0.15) is 6.10 Å². The smallest absolute Gasteiger partial charge is 0.407 e. The van der Waals surface area contributed by atoms with Crippen molar-refractivity contribution < 1.29 is 38.1 Å². The summed E-state index contributed by atoms with van der Waals surface area (Å²) < 4.78 is 21.7. The van der Waals surface area contributed by atoms with Crippen LogP contribution in [0, 0.1) is 0 Å². The molecule has 0 fully saturated rings. The number of primary amides is 1. The predicted molar refractivity (Wildman–Crippen MR) is 131 cm³/mol. The van der Waals surface area contributed by atoms with Gasteiger partial charge in [0.15, 0.2) is 0 Å². The molecule has 0 heterocycles. The Morgan fingerprint density at radius 3 is 2.25 bits per heavy atom. The van der Waals surface area contributed by atoms with E-state index in [1.54, 1.807) is 0 Å². The molecule has 0 bridgehead atoms. The second-order valence-corrected chi connectivity index (χ2v) is 8.03. The fraction of sp³-hybridized carbons (Fsp3) is 0.739. The van der Waals surface area contributed by atoms with Gasteiger partial charge >= 0.3 is 6.09 Å². The maximum Gasteiger partial charge on any atom is 0.407 e. The summed E-state index contributed by atoms with van der Waals surface area (Å²) in [4.78, 5) is 47.5. The van der Waals surface area contributed by atoms with E-state index < -0.39 is 23.8 Å². The normalized spacial score (nSPS) is 16.3. The highest BCUT2D eigenvalue weighted by Crippen LogP contribution is 2.15. The second kappa shape index (κ2) is 20.5. The summed E-state index contributed by atoms with van der Waals surface area (Å²) in [6, 6.07) is 0. The van der Waals surface area contributed by atoms with E-state index in [1.165, 1.54) is 4.90 Å².